The lowest BCUT2D eigenvalue weighted by atomic mass is 9.81. The molecule has 1 fully saturated rings. The van der Waals surface area contributed by atoms with Crippen molar-refractivity contribution in [3.05, 3.63) is 0 Å². The van der Waals surface area contributed by atoms with Crippen molar-refractivity contribution in [3.63, 3.8) is 0 Å². The quantitative estimate of drug-likeness (QED) is 0.684. The molecule has 0 bridgehead atoms. The average molecular weight is 226 g/mol. The molecule has 2 nitrogen and oxygen atoms in total. The monoisotopic (exact) mass is 226 g/mol. The van der Waals surface area contributed by atoms with Crippen molar-refractivity contribution in [3.8, 4) is 0 Å². The average Bonchev–Trinajstić information content (AvgIpc) is 3.11. The Balaban J connectivity index is 2.51. The summed E-state index contributed by atoms with van der Waals surface area (Å²) in [6.07, 6.45) is 5.43. The summed E-state index contributed by atoms with van der Waals surface area (Å²) in [5, 5.41) is 3.37. The lowest BCUT2D eigenvalue weighted by molar-refractivity contribution is 0.121. The molecule has 0 amide bonds. The highest BCUT2D eigenvalue weighted by Gasteiger charge is 2.34. The van der Waals surface area contributed by atoms with Crippen LogP contribution < -0.4 is 5.32 Å². The van der Waals surface area contributed by atoms with Gasteiger partial charge in [0.2, 0.25) is 0 Å². The van der Waals surface area contributed by atoms with E-state index in [-0.39, 0.29) is 0 Å². The van der Waals surface area contributed by atoms with Gasteiger partial charge < -0.3 is 10.2 Å². The van der Waals surface area contributed by atoms with Gasteiger partial charge in [-0.1, -0.05) is 13.8 Å². The Hall–Kier alpha value is -0.0800. The van der Waals surface area contributed by atoms with E-state index in [2.05, 4.69) is 45.1 Å². The molecule has 1 aliphatic carbocycles. The zero-order valence-electron chi connectivity index (χ0n) is 11.8. The molecular weight excluding hydrogens is 196 g/mol. The molecule has 0 spiro atoms. The minimum absolute atomic E-state index is 0.465. The maximum Gasteiger partial charge on any atom is 0.00923 e. The lowest BCUT2D eigenvalue weighted by Crippen LogP contribution is -2.45. The highest BCUT2D eigenvalue weighted by Crippen LogP contribution is 2.36. The first kappa shape index (κ1) is 14.0. The number of hydrogen-bond acceptors (Lipinski definition) is 2. The van der Waals surface area contributed by atoms with Crippen LogP contribution in [0.1, 0.15) is 46.5 Å². The van der Waals surface area contributed by atoms with Crippen LogP contribution in [0.15, 0.2) is 0 Å². The first-order chi connectivity index (χ1) is 7.58. The van der Waals surface area contributed by atoms with Gasteiger partial charge in [-0.15, -0.1) is 0 Å². The van der Waals surface area contributed by atoms with Gasteiger partial charge in [0.1, 0.15) is 0 Å². The van der Waals surface area contributed by atoms with Crippen LogP contribution in [0.3, 0.4) is 0 Å². The van der Waals surface area contributed by atoms with Gasteiger partial charge in [-0.2, -0.15) is 0 Å². The zero-order valence-corrected chi connectivity index (χ0v) is 11.8. The minimum atomic E-state index is 0.465. The van der Waals surface area contributed by atoms with Crippen molar-refractivity contribution in [1.29, 1.82) is 0 Å². The Bertz CT molecular complexity index is 195. The normalized spacial score (nSPS) is 19.1. The highest BCUT2D eigenvalue weighted by molar-refractivity contribution is 4.88. The first-order valence-electron chi connectivity index (χ1n) is 6.93. The van der Waals surface area contributed by atoms with E-state index in [4.69, 9.17) is 0 Å². The summed E-state index contributed by atoms with van der Waals surface area (Å²) in [5.41, 5.74) is 0.465. The maximum atomic E-state index is 3.37. The lowest BCUT2D eigenvalue weighted by Gasteiger charge is -2.38. The summed E-state index contributed by atoms with van der Waals surface area (Å²) in [6, 6.07) is 0.773. The fraction of sp³-hybridized carbons (Fsp3) is 1.00. The molecule has 0 heterocycles. The molecule has 0 radical (unpaired) electrons. The van der Waals surface area contributed by atoms with E-state index in [1.807, 2.05) is 0 Å². The Labute approximate surface area is 102 Å². The van der Waals surface area contributed by atoms with Crippen molar-refractivity contribution in [2.75, 3.05) is 27.2 Å². The van der Waals surface area contributed by atoms with Crippen molar-refractivity contribution in [2.24, 2.45) is 11.3 Å². The Morgan fingerprint density at radius 1 is 1.31 bits per heavy atom. The number of nitrogens with zero attached hydrogens (tertiary/aromatic N) is 1. The van der Waals surface area contributed by atoms with Gasteiger partial charge in [0, 0.05) is 19.1 Å². The molecule has 96 valence electrons. The molecular formula is C14H30N2. The predicted octanol–water partition coefficient (Wildman–Crippen LogP) is 2.74. The highest BCUT2D eigenvalue weighted by atomic mass is 15.1. The van der Waals surface area contributed by atoms with Crippen LogP contribution in [0.5, 0.6) is 0 Å². The van der Waals surface area contributed by atoms with Crippen molar-refractivity contribution >= 4 is 0 Å². The molecule has 0 saturated heterocycles. The van der Waals surface area contributed by atoms with E-state index in [1.54, 1.807) is 0 Å². The summed E-state index contributed by atoms with van der Waals surface area (Å²) >= 11 is 0. The van der Waals surface area contributed by atoms with Gasteiger partial charge >= 0.3 is 0 Å². The Morgan fingerprint density at radius 2 is 1.88 bits per heavy atom. The number of hydrogen-bond donors (Lipinski definition) is 1. The second-order valence-electron chi connectivity index (χ2n) is 5.73. The standard InChI is InChI=1S/C14H30N2/c1-6-14(7-2,10-15-4)11-16(5)12(3)13-8-9-13/h12-13,15H,6-11H2,1-5H3. The molecule has 1 saturated carbocycles. The molecule has 0 aromatic heterocycles. The van der Waals surface area contributed by atoms with E-state index in [0.29, 0.717) is 5.41 Å². The summed E-state index contributed by atoms with van der Waals surface area (Å²) in [7, 11) is 4.38. The summed E-state index contributed by atoms with van der Waals surface area (Å²) in [5.74, 6) is 0.978. The topological polar surface area (TPSA) is 15.3 Å². The van der Waals surface area contributed by atoms with E-state index >= 15 is 0 Å². The van der Waals surface area contributed by atoms with Crippen LogP contribution in [0.2, 0.25) is 0 Å². The van der Waals surface area contributed by atoms with Crippen molar-refractivity contribution in [1.82, 2.24) is 10.2 Å². The SMILES string of the molecule is CCC(CC)(CNC)CN(C)C(C)C1CC1. The van der Waals surface area contributed by atoms with Crippen molar-refractivity contribution < 1.29 is 0 Å². The van der Waals surface area contributed by atoms with Gasteiger partial charge in [-0.3, -0.25) is 0 Å². The fourth-order valence-electron chi connectivity index (χ4n) is 2.77. The summed E-state index contributed by atoms with van der Waals surface area (Å²) in [4.78, 5) is 2.59. The number of rotatable bonds is 8. The van der Waals surface area contributed by atoms with Crippen molar-refractivity contribution in [2.45, 2.75) is 52.5 Å². The summed E-state index contributed by atoms with van der Waals surface area (Å²) < 4.78 is 0. The largest absolute Gasteiger partial charge is 0.319 e. The molecule has 1 N–H and O–H groups in total. The molecule has 2 heteroatoms. The van der Waals surface area contributed by atoms with Crippen LogP contribution >= 0.6 is 0 Å². The molecule has 0 aliphatic heterocycles. The third kappa shape index (κ3) is 3.46. The fourth-order valence-corrected chi connectivity index (χ4v) is 2.77. The summed E-state index contributed by atoms with van der Waals surface area (Å²) in [6.45, 7) is 9.43. The molecule has 0 aromatic rings. The smallest absolute Gasteiger partial charge is 0.00923 e. The van der Waals surface area contributed by atoms with E-state index in [9.17, 15) is 0 Å². The van der Waals surface area contributed by atoms with E-state index in [0.717, 1.165) is 18.5 Å². The van der Waals surface area contributed by atoms with Gasteiger partial charge in [0.05, 0.1) is 0 Å². The third-order valence-electron chi connectivity index (χ3n) is 4.64. The third-order valence-corrected chi connectivity index (χ3v) is 4.64. The van der Waals surface area contributed by atoms with E-state index < -0.39 is 0 Å². The van der Waals surface area contributed by atoms with Gasteiger partial charge in [-0.05, 0) is 58.0 Å². The Kier molecular flexibility index (Phi) is 5.26. The minimum Gasteiger partial charge on any atom is -0.319 e. The van der Waals surface area contributed by atoms with Gasteiger partial charge in [0.15, 0.2) is 0 Å². The molecule has 1 atom stereocenters. The van der Waals surface area contributed by atoms with Crippen LogP contribution in [0.25, 0.3) is 0 Å². The second-order valence-corrected chi connectivity index (χ2v) is 5.73. The number of nitrogens with one attached hydrogen (secondary N) is 1. The maximum absolute atomic E-state index is 3.37. The van der Waals surface area contributed by atoms with Crippen LogP contribution in [-0.4, -0.2) is 38.1 Å². The van der Waals surface area contributed by atoms with Crippen LogP contribution in [0.4, 0.5) is 0 Å². The zero-order chi connectivity index (χ0) is 12.2. The molecule has 1 unspecified atom stereocenters. The van der Waals surface area contributed by atoms with Gasteiger partial charge in [0.25, 0.3) is 0 Å². The van der Waals surface area contributed by atoms with Gasteiger partial charge in [-0.25, -0.2) is 0 Å². The molecule has 1 rings (SSSR count). The molecule has 1 aliphatic rings. The predicted molar refractivity (Wildman–Crippen MR) is 71.8 cm³/mol. The Morgan fingerprint density at radius 3 is 2.25 bits per heavy atom. The second kappa shape index (κ2) is 6.02. The van der Waals surface area contributed by atoms with E-state index in [1.165, 1.54) is 32.2 Å². The molecule has 16 heavy (non-hydrogen) atoms. The van der Waals surface area contributed by atoms with Crippen LogP contribution in [0, 0.1) is 11.3 Å². The first-order valence-corrected chi connectivity index (χ1v) is 6.93. The molecule has 0 aromatic carbocycles. The van der Waals surface area contributed by atoms with Crippen LogP contribution in [-0.2, 0) is 0 Å².